The molecule has 4 saturated carbocycles. The van der Waals surface area contributed by atoms with Gasteiger partial charge < -0.3 is 4.74 Å². The molecule has 3 heteroatoms. The van der Waals surface area contributed by atoms with E-state index >= 15 is 0 Å². The Morgan fingerprint density at radius 2 is 1.32 bits per heavy atom. The minimum atomic E-state index is -0.299. The molecule has 0 aromatic heterocycles. The second-order valence-electron chi connectivity index (χ2n) is 9.14. The molecule has 0 atom stereocenters. The Bertz CT molecular complexity index is 846. The monoisotopic (exact) mass is 374 g/mol. The number of Topliss-reactive ketones (excluding diaryl/α,β-unsaturated/α-hetero) is 1. The van der Waals surface area contributed by atoms with Gasteiger partial charge in [0.15, 0.2) is 12.4 Å². The van der Waals surface area contributed by atoms with Gasteiger partial charge in [-0.15, -0.1) is 0 Å². The van der Waals surface area contributed by atoms with Gasteiger partial charge in [-0.2, -0.15) is 0 Å². The number of hydrogen-bond acceptors (Lipinski definition) is 3. The molecule has 144 valence electrons. The fourth-order valence-corrected chi connectivity index (χ4v) is 6.21. The lowest BCUT2D eigenvalue weighted by Gasteiger charge is -2.55. The topological polar surface area (TPSA) is 43.4 Å². The molecule has 4 fully saturated rings. The van der Waals surface area contributed by atoms with Gasteiger partial charge in [0, 0.05) is 5.56 Å². The highest BCUT2D eigenvalue weighted by atomic mass is 16.5. The van der Waals surface area contributed by atoms with E-state index in [1.54, 1.807) is 0 Å². The van der Waals surface area contributed by atoms with Crippen molar-refractivity contribution in [1.29, 1.82) is 0 Å². The Morgan fingerprint density at radius 1 is 0.786 bits per heavy atom. The Hall–Kier alpha value is -2.42. The maximum Gasteiger partial charge on any atom is 0.312 e. The zero-order valence-corrected chi connectivity index (χ0v) is 16.1. The van der Waals surface area contributed by atoms with Crippen molar-refractivity contribution in [3.63, 3.8) is 0 Å². The van der Waals surface area contributed by atoms with Crippen LogP contribution in [0.2, 0.25) is 0 Å². The average Bonchev–Trinajstić information content (AvgIpc) is 2.71. The van der Waals surface area contributed by atoms with Crippen LogP contribution in [-0.4, -0.2) is 18.4 Å². The molecule has 0 radical (unpaired) electrons. The number of esters is 1. The standard InChI is InChI=1S/C25H26O3/c26-23(22-8-6-21(7-9-22)20-4-2-1-3-5-20)16-28-24(27)25-13-17-10-18(14-25)12-19(11-17)15-25/h1-9,17-19H,10-16H2. The number of ketones is 1. The molecule has 0 spiro atoms. The normalized spacial score (nSPS) is 30.2. The van der Waals surface area contributed by atoms with Crippen molar-refractivity contribution < 1.29 is 14.3 Å². The van der Waals surface area contributed by atoms with E-state index in [0.717, 1.165) is 30.4 Å². The van der Waals surface area contributed by atoms with Gasteiger partial charge in [-0.3, -0.25) is 9.59 Å². The molecule has 0 unspecified atom stereocenters. The summed E-state index contributed by atoms with van der Waals surface area (Å²) in [5, 5.41) is 0. The smallest absolute Gasteiger partial charge is 0.312 e. The molecule has 0 amide bonds. The van der Waals surface area contributed by atoms with Crippen LogP contribution in [0.5, 0.6) is 0 Å². The molecular formula is C25H26O3. The van der Waals surface area contributed by atoms with Crippen LogP contribution in [0.1, 0.15) is 48.9 Å². The maximum absolute atomic E-state index is 12.9. The molecule has 2 aromatic carbocycles. The molecule has 0 N–H and O–H groups in total. The predicted molar refractivity (Wildman–Crippen MR) is 108 cm³/mol. The molecule has 4 aliphatic carbocycles. The van der Waals surface area contributed by atoms with Crippen molar-refractivity contribution in [2.24, 2.45) is 23.2 Å². The van der Waals surface area contributed by atoms with Gasteiger partial charge in [-0.05, 0) is 67.4 Å². The lowest BCUT2D eigenvalue weighted by molar-refractivity contribution is -0.170. The van der Waals surface area contributed by atoms with E-state index in [1.807, 2.05) is 54.6 Å². The highest BCUT2D eigenvalue weighted by Crippen LogP contribution is 2.60. The third kappa shape index (κ3) is 3.17. The molecule has 2 aromatic rings. The van der Waals surface area contributed by atoms with Gasteiger partial charge in [0.2, 0.25) is 0 Å². The summed E-state index contributed by atoms with van der Waals surface area (Å²) in [4.78, 5) is 25.4. The summed E-state index contributed by atoms with van der Waals surface area (Å²) in [6, 6.07) is 17.6. The van der Waals surface area contributed by atoms with E-state index in [0.29, 0.717) is 23.3 Å². The van der Waals surface area contributed by atoms with Gasteiger partial charge in [0.1, 0.15) is 0 Å². The minimum absolute atomic E-state index is 0.124. The molecule has 0 saturated heterocycles. The summed E-state index contributed by atoms with van der Waals surface area (Å²) >= 11 is 0. The zero-order chi connectivity index (χ0) is 19.1. The van der Waals surface area contributed by atoms with Gasteiger partial charge in [0.05, 0.1) is 5.41 Å². The molecule has 0 heterocycles. The van der Waals surface area contributed by atoms with Crippen molar-refractivity contribution in [2.45, 2.75) is 38.5 Å². The molecule has 4 bridgehead atoms. The summed E-state index contributed by atoms with van der Waals surface area (Å²) in [5.74, 6) is 1.83. The van der Waals surface area contributed by atoms with Crippen LogP contribution in [0.15, 0.2) is 54.6 Å². The number of rotatable bonds is 5. The van der Waals surface area contributed by atoms with Crippen LogP contribution >= 0.6 is 0 Å². The van der Waals surface area contributed by atoms with Crippen molar-refractivity contribution >= 4 is 11.8 Å². The first-order valence-electron chi connectivity index (χ1n) is 10.5. The van der Waals surface area contributed by atoms with Crippen LogP contribution in [0, 0.1) is 23.2 Å². The number of hydrogen-bond donors (Lipinski definition) is 0. The maximum atomic E-state index is 12.9. The van der Waals surface area contributed by atoms with Gasteiger partial charge in [-0.25, -0.2) is 0 Å². The fraction of sp³-hybridized carbons (Fsp3) is 0.440. The highest BCUT2D eigenvalue weighted by molar-refractivity contribution is 5.98. The molecular weight excluding hydrogens is 348 g/mol. The number of benzene rings is 2. The second-order valence-corrected chi connectivity index (χ2v) is 9.14. The van der Waals surface area contributed by atoms with E-state index in [1.165, 1.54) is 19.3 Å². The average molecular weight is 374 g/mol. The molecule has 4 aliphatic rings. The van der Waals surface area contributed by atoms with E-state index in [-0.39, 0.29) is 23.8 Å². The molecule has 28 heavy (non-hydrogen) atoms. The van der Waals surface area contributed by atoms with Gasteiger partial charge in [-0.1, -0.05) is 54.6 Å². The number of ether oxygens (including phenoxy) is 1. The first-order valence-corrected chi connectivity index (χ1v) is 10.5. The zero-order valence-electron chi connectivity index (χ0n) is 16.1. The largest absolute Gasteiger partial charge is 0.457 e. The summed E-state index contributed by atoms with van der Waals surface area (Å²) in [6.45, 7) is -0.148. The highest BCUT2D eigenvalue weighted by Gasteiger charge is 2.55. The third-order valence-electron chi connectivity index (χ3n) is 7.12. The van der Waals surface area contributed by atoms with Gasteiger partial charge in [0.25, 0.3) is 0 Å². The summed E-state index contributed by atoms with van der Waals surface area (Å²) in [6.07, 6.45) is 6.78. The van der Waals surface area contributed by atoms with Crippen LogP contribution in [-0.2, 0) is 9.53 Å². The van der Waals surface area contributed by atoms with Crippen molar-refractivity contribution in [2.75, 3.05) is 6.61 Å². The van der Waals surface area contributed by atoms with E-state index < -0.39 is 0 Å². The first-order chi connectivity index (χ1) is 13.6. The van der Waals surface area contributed by atoms with Crippen LogP contribution < -0.4 is 0 Å². The second kappa shape index (κ2) is 6.88. The summed E-state index contributed by atoms with van der Waals surface area (Å²) in [7, 11) is 0. The van der Waals surface area contributed by atoms with Crippen molar-refractivity contribution in [3.8, 4) is 11.1 Å². The van der Waals surface area contributed by atoms with Crippen molar-refractivity contribution in [1.82, 2.24) is 0 Å². The van der Waals surface area contributed by atoms with Crippen LogP contribution in [0.3, 0.4) is 0 Å². The van der Waals surface area contributed by atoms with E-state index in [9.17, 15) is 9.59 Å². The minimum Gasteiger partial charge on any atom is -0.457 e. The van der Waals surface area contributed by atoms with Crippen LogP contribution in [0.25, 0.3) is 11.1 Å². The lowest BCUT2D eigenvalue weighted by Crippen LogP contribution is -2.50. The molecule has 0 aliphatic heterocycles. The predicted octanol–water partition coefficient (Wildman–Crippen LogP) is 5.30. The summed E-state index contributed by atoms with van der Waals surface area (Å²) in [5.41, 5.74) is 2.49. The Labute approximate surface area is 166 Å². The Balaban J connectivity index is 1.22. The SMILES string of the molecule is O=C(COC(=O)C12CC3CC(CC(C3)C1)C2)c1ccc(-c2ccccc2)cc1. The number of carbonyl (C=O) groups excluding carboxylic acids is 2. The van der Waals surface area contributed by atoms with Crippen LogP contribution in [0.4, 0.5) is 0 Å². The summed E-state index contributed by atoms with van der Waals surface area (Å²) < 4.78 is 5.57. The first kappa shape index (κ1) is 17.7. The Morgan fingerprint density at radius 3 is 1.89 bits per heavy atom. The van der Waals surface area contributed by atoms with Gasteiger partial charge >= 0.3 is 5.97 Å². The molecule has 3 nitrogen and oxygen atoms in total. The lowest BCUT2D eigenvalue weighted by atomic mass is 9.49. The Kier molecular flexibility index (Phi) is 4.34. The quantitative estimate of drug-likeness (QED) is 0.527. The fourth-order valence-electron chi connectivity index (χ4n) is 6.21. The third-order valence-corrected chi connectivity index (χ3v) is 7.12. The van der Waals surface area contributed by atoms with E-state index in [4.69, 9.17) is 4.74 Å². The molecule has 6 rings (SSSR count). The van der Waals surface area contributed by atoms with E-state index in [2.05, 4.69) is 0 Å². The van der Waals surface area contributed by atoms with Crippen molar-refractivity contribution in [3.05, 3.63) is 60.2 Å². The number of carbonyl (C=O) groups is 2.